The molecule has 1 aliphatic heterocycles. The zero-order valence-electron chi connectivity index (χ0n) is 13.8. The maximum Gasteiger partial charge on any atom is 0.175 e. The number of ether oxygens (including phenoxy) is 2. The third-order valence-electron chi connectivity index (χ3n) is 3.61. The molecule has 0 unspecified atom stereocenters. The van der Waals surface area contributed by atoms with Gasteiger partial charge in [-0.15, -0.1) is 11.8 Å². The van der Waals surface area contributed by atoms with Crippen molar-refractivity contribution in [2.45, 2.75) is 20.5 Å². The molecule has 2 aromatic rings. The molecule has 0 atom stereocenters. The molecule has 0 amide bonds. The number of aliphatic imine (C=N–C) groups is 1. The number of benzene rings is 2. The molecule has 24 heavy (non-hydrogen) atoms. The van der Waals surface area contributed by atoms with Gasteiger partial charge in [-0.2, -0.15) is 0 Å². The van der Waals surface area contributed by atoms with Gasteiger partial charge in [-0.25, -0.2) is 0 Å². The predicted molar refractivity (Wildman–Crippen MR) is 110 cm³/mol. The Morgan fingerprint density at radius 1 is 1.21 bits per heavy atom. The van der Waals surface area contributed by atoms with Gasteiger partial charge in [0.15, 0.2) is 11.5 Å². The molecule has 0 bridgehead atoms. The molecule has 2 aromatic carbocycles. The van der Waals surface area contributed by atoms with Crippen LogP contribution >= 0.6 is 34.4 Å². The fraction of sp³-hybridized carbons (Fsp3) is 0.316. The van der Waals surface area contributed by atoms with Gasteiger partial charge in [0.05, 0.1) is 15.2 Å². The zero-order chi connectivity index (χ0) is 16.9. The van der Waals surface area contributed by atoms with E-state index in [1.54, 1.807) is 11.8 Å². The molecular weight excluding hydrogens is 433 g/mol. The first-order valence-corrected chi connectivity index (χ1v) is 10.1. The number of nitrogens with zero attached hydrogens (tertiary/aromatic N) is 1. The van der Waals surface area contributed by atoms with E-state index < -0.39 is 0 Å². The lowest BCUT2D eigenvalue weighted by Crippen LogP contribution is -2.04. The third kappa shape index (κ3) is 4.25. The van der Waals surface area contributed by atoms with Gasteiger partial charge in [0, 0.05) is 17.9 Å². The lowest BCUT2D eigenvalue weighted by molar-refractivity contribution is 0.267. The van der Waals surface area contributed by atoms with Gasteiger partial charge >= 0.3 is 0 Å². The fourth-order valence-corrected chi connectivity index (χ4v) is 4.16. The van der Waals surface area contributed by atoms with Gasteiger partial charge in [-0.3, -0.25) is 4.99 Å². The van der Waals surface area contributed by atoms with Gasteiger partial charge in [0.25, 0.3) is 0 Å². The Balaban J connectivity index is 1.85. The Morgan fingerprint density at radius 2 is 2.08 bits per heavy atom. The van der Waals surface area contributed by atoms with E-state index in [9.17, 15) is 0 Å². The summed E-state index contributed by atoms with van der Waals surface area (Å²) in [6.45, 7) is 6.12. The molecule has 0 saturated heterocycles. The first-order chi connectivity index (χ1) is 11.7. The van der Waals surface area contributed by atoms with Crippen LogP contribution in [0.1, 0.15) is 23.6 Å². The smallest absolute Gasteiger partial charge is 0.175 e. The number of aryl methyl sites for hydroxylation is 1. The summed E-state index contributed by atoms with van der Waals surface area (Å²) >= 11 is 4.12. The van der Waals surface area contributed by atoms with Crippen LogP contribution in [0.5, 0.6) is 11.5 Å². The standard InChI is InChI=1S/C19H20INO2S/c1-3-22-17-11-15(19-21-7-8-24-19)10-16(20)18(17)23-12-14-6-4-5-13(2)9-14/h4-6,9-11H,3,7-8,12H2,1-2H3. The molecule has 0 aliphatic carbocycles. The Morgan fingerprint density at radius 3 is 2.79 bits per heavy atom. The van der Waals surface area contributed by atoms with Gasteiger partial charge < -0.3 is 9.47 Å². The molecule has 3 rings (SSSR count). The van der Waals surface area contributed by atoms with Gasteiger partial charge in [-0.1, -0.05) is 29.8 Å². The van der Waals surface area contributed by atoms with Crippen molar-refractivity contribution in [1.82, 2.24) is 0 Å². The van der Waals surface area contributed by atoms with Crippen molar-refractivity contribution >= 4 is 39.4 Å². The van der Waals surface area contributed by atoms with Gasteiger partial charge in [-0.05, 0) is 54.1 Å². The number of thioether (sulfide) groups is 1. The van der Waals surface area contributed by atoms with Gasteiger partial charge in [0.2, 0.25) is 0 Å². The van der Waals surface area contributed by atoms with E-state index in [2.05, 4.69) is 64.8 Å². The highest BCUT2D eigenvalue weighted by atomic mass is 127. The first-order valence-electron chi connectivity index (χ1n) is 7.99. The summed E-state index contributed by atoms with van der Waals surface area (Å²) < 4.78 is 13.0. The summed E-state index contributed by atoms with van der Waals surface area (Å²) in [5, 5.41) is 1.10. The second kappa shape index (κ2) is 8.25. The molecule has 0 fully saturated rings. The number of hydrogen-bond donors (Lipinski definition) is 0. The summed E-state index contributed by atoms with van der Waals surface area (Å²) in [5.74, 6) is 2.66. The van der Waals surface area contributed by atoms with Crippen LogP contribution in [-0.2, 0) is 6.61 Å². The normalized spacial score (nSPS) is 13.7. The second-order valence-electron chi connectivity index (χ2n) is 5.53. The van der Waals surface area contributed by atoms with E-state index in [4.69, 9.17) is 9.47 Å². The molecule has 0 spiro atoms. The van der Waals surface area contributed by atoms with Crippen molar-refractivity contribution in [2.24, 2.45) is 4.99 Å². The third-order valence-corrected chi connectivity index (χ3v) is 5.43. The monoisotopic (exact) mass is 453 g/mol. The summed E-state index contributed by atoms with van der Waals surface area (Å²) in [6.07, 6.45) is 0. The number of halogens is 1. The Kier molecular flexibility index (Phi) is 6.05. The van der Waals surface area contributed by atoms with E-state index in [1.165, 1.54) is 5.56 Å². The van der Waals surface area contributed by atoms with Crippen LogP contribution in [0.15, 0.2) is 41.4 Å². The van der Waals surface area contributed by atoms with Crippen molar-refractivity contribution in [3.8, 4) is 11.5 Å². The van der Waals surface area contributed by atoms with E-state index >= 15 is 0 Å². The van der Waals surface area contributed by atoms with E-state index in [0.29, 0.717) is 13.2 Å². The maximum atomic E-state index is 6.10. The molecule has 0 radical (unpaired) electrons. The highest BCUT2D eigenvalue weighted by molar-refractivity contribution is 14.1. The van der Waals surface area contributed by atoms with E-state index in [0.717, 1.165) is 43.5 Å². The van der Waals surface area contributed by atoms with Crippen molar-refractivity contribution in [3.63, 3.8) is 0 Å². The van der Waals surface area contributed by atoms with Crippen LogP contribution in [0.2, 0.25) is 0 Å². The van der Waals surface area contributed by atoms with E-state index in [1.807, 2.05) is 13.0 Å². The highest BCUT2D eigenvalue weighted by Crippen LogP contribution is 2.36. The van der Waals surface area contributed by atoms with Crippen molar-refractivity contribution < 1.29 is 9.47 Å². The molecule has 1 aliphatic rings. The SMILES string of the molecule is CCOc1cc(C2=NCCS2)cc(I)c1OCc1cccc(C)c1. The van der Waals surface area contributed by atoms with Crippen LogP contribution in [0.3, 0.4) is 0 Å². The Hall–Kier alpha value is -1.21. The predicted octanol–water partition coefficient (Wildman–Crippen LogP) is 5.07. The quantitative estimate of drug-likeness (QED) is 0.573. The summed E-state index contributed by atoms with van der Waals surface area (Å²) in [7, 11) is 0. The second-order valence-corrected chi connectivity index (χ2v) is 7.78. The topological polar surface area (TPSA) is 30.8 Å². The molecule has 126 valence electrons. The Labute approximate surface area is 161 Å². The van der Waals surface area contributed by atoms with Crippen LogP contribution in [0, 0.1) is 10.5 Å². The number of rotatable bonds is 6. The highest BCUT2D eigenvalue weighted by Gasteiger charge is 2.17. The summed E-state index contributed by atoms with van der Waals surface area (Å²) in [4.78, 5) is 4.56. The molecule has 5 heteroatoms. The van der Waals surface area contributed by atoms with Crippen molar-refractivity contribution in [1.29, 1.82) is 0 Å². The molecule has 0 N–H and O–H groups in total. The Bertz CT molecular complexity index is 761. The molecule has 3 nitrogen and oxygen atoms in total. The van der Waals surface area contributed by atoms with Crippen molar-refractivity contribution in [2.75, 3.05) is 18.9 Å². The van der Waals surface area contributed by atoms with E-state index in [-0.39, 0.29) is 0 Å². The maximum absolute atomic E-state index is 6.10. The number of hydrogen-bond acceptors (Lipinski definition) is 4. The average Bonchev–Trinajstić information content (AvgIpc) is 3.09. The lowest BCUT2D eigenvalue weighted by atomic mass is 10.1. The lowest BCUT2D eigenvalue weighted by Gasteiger charge is -2.15. The van der Waals surface area contributed by atoms with Gasteiger partial charge in [0.1, 0.15) is 6.61 Å². The molecule has 1 heterocycles. The summed E-state index contributed by atoms with van der Waals surface area (Å²) in [6, 6.07) is 12.6. The van der Waals surface area contributed by atoms with Crippen LogP contribution < -0.4 is 9.47 Å². The van der Waals surface area contributed by atoms with Crippen LogP contribution in [0.4, 0.5) is 0 Å². The van der Waals surface area contributed by atoms with Crippen LogP contribution in [0.25, 0.3) is 0 Å². The molecular formula is C19H20INO2S. The first kappa shape index (κ1) is 17.6. The minimum atomic E-state index is 0.535. The average molecular weight is 453 g/mol. The molecule has 0 saturated carbocycles. The molecule has 0 aromatic heterocycles. The zero-order valence-corrected chi connectivity index (χ0v) is 16.8. The minimum Gasteiger partial charge on any atom is -0.490 e. The summed E-state index contributed by atoms with van der Waals surface area (Å²) in [5.41, 5.74) is 3.52. The van der Waals surface area contributed by atoms with Crippen LogP contribution in [-0.4, -0.2) is 23.9 Å². The minimum absolute atomic E-state index is 0.535. The largest absolute Gasteiger partial charge is 0.490 e. The van der Waals surface area contributed by atoms with Crippen molar-refractivity contribution in [3.05, 3.63) is 56.7 Å². The fourth-order valence-electron chi connectivity index (χ4n) is 2.56.